The molecule has 15 heavy (non-hydrogen) atoms. The first-order valence-electron chi connectivity index (χ1n) is 5.24. The van der Waals surface area contributed by atoms with Gasteiger partial charge in [-0.15, -0.1) is 0 Å². The van der Waals surface area contributed by atoms with Gasteiger partial charge in [0.25, 0.3) is 0 Å². The van der Waals surface area contributed by atoms with Crippen LogP contribution in [0, 0.1) is 6.92 Å². The van der Waals surface area contributed by atoms with Crippen molar-refractivity contribution in [3.05, 3.63) is 11.9 Å². The van der Waals surface area contributed by atoms with Gasteiger partial charge in [0, 0.05) is 25.2 Å². The minimum Gasteiger partial charge on any atom is -0.396 e. The second-order valence-electron chi connectivity index (χ2n) is 4.02. The van der Waals surface area contributed by atoms with Gasteiger partial charge in [0.15, 0.2) is 0 Å². The number of nitrogen functional groups attached to an aromatic ring is 1. The van der Waals surface area contributed by atoms with Crippen molar-refractivity contribution in [2.45, 2.75) is 38.8 Å². The number of anilines is 1. The Hall–Kier alpha value is -1.52. The summed E-state index contributed by atoms with van der Waals surface area (Å²) in [6, 6.07) is 0.432. The zero-order valence-electron chi connectivity index (χ0n) is 8.86. The highest BCUT2D eigenvalue weighted by molar-refractivity contribution is 5.76. The van der Waals surface area contributed by atoms with Gasteiger partial charge < -0.3 is 11.1 Å². The Morgan fingerprint density at radius 3 is 3.00 bits per heavy atom. The third kappa shape index (κ3) is 2.71. The molecule has 5 heteroatoms. The molecule has 1 aliphatic rings. The molecule has 1 fully saturated rings. The van der Waals surface area contributed by atoms with Crippen LogP contribution in [-0.4, -0.2) is 21.7 Å². The third-order valence-corrected chi connectivity index (χ3v) is 2.49. The highest BCUT2D eigenvalue weighted by atomic mass is 16.1. The van der Waals surface area contributed by atoms with Gasteiger partial charge in [0.1, 0.15) is 0 Å². The fourth-order valence-electron chi connectivity index (χ4n) is 1.39. The number of aromatic nitrogens is 2. The molecular weight excluding hydrogens is 192 g/mol. The Labute approximate surface area is 88.6 Å². The van der Waals surface area contributed by atoms with Crippen molar-refractivity contribution in [1.82, 2.24) is 15.1 Å². The maximum atomic E-state index is 11.4. The Morgan fingerprint density at radius 1 is 1.73 bits per heavy atom. The van der Waals surface area contributed by atoms with E-state index in [1.54, 1.807) is 10.9 Å². The molecule has 0 spiro atoms. The van der Waals surface area contributed by atoms with Crippen molar-refractivity contribution in [2.75, 3.05) is 5.73 Å². The molecular formula is C10H16N4O. The maximum Gasteiger partial charge on any atom is 0.222 e. The molecule has 1 aromatic rings. The predicted molar refractivity (Wildman–Crippen MR) is 57.2 cm³/mol. The van der Waals surface area contributed by atoms with E-state index in [0.29, 0.717) is 24.7 Å². The van der Waals surface area contributed by atoms with E-state index >= 15 is 0 Å². The minimum atomic E-state index is 0.101. The summed E-state index contributed by atoms with van der Waals surface area (Å²) in [5.74, 6) is 0.101. The summed E-state index contributed by atoms with van der Waals surface area (Å²) < 4.78 is 1.72. The molecule has 3 N–H and O–H groups in total. The Morgan fingerprint density at radius 2 is 2.47 bits per heavy atom. The van der Waals surface area contributed by atoms with Gasteiger partial charge in [-0.1, -0.05) is 0 Å². The van der Waals surface area contributed by atoms with Crippen molar-refractivity contribution in [2.24, 2.45) is 0 Å². The van der Waals surface area contributed by atoms with Crippen molar-refractivity contribution in [1.29, 1.82) is 0 Å². The summed E-state index contributed by atoms with van der Waals surface area (Å²) in [6.45, 7) is 2.45. The summed E-state index contributed by atoms with van der Waals surface area (Å²) in [6.07, 6.45) is 4.48. The number of rotatable bonds is 4. The van der Waals surface area contributed by atoms with E-state index in [9.17, 15) is 4.79 Å². The average molecular weight is 208 g/mol. The molecule has 1 aromatic heterocycles. The number of hydrogen-bond acceptors (Lipinski definition) is 3. The number of carbonyl (C=O) groups is 1. The largest absolute Gasteiger partial charge is 0.396 e. The zero-order valence-corrected chi connectivity index (χ0v) is 8.86. The van der Waals surface area contributed by atoms with Crippen LogP contribution in [0.3, 0.4) is 0 Å². The summed E-state index contributed by atoms with van der Waals surface area (Å²) in [5, 5.41) is 7.12. The summed E-state index contributed by atoms with van der Waals surface area (Å²) in [4.78, 5) is 11.4. The molecule has 2 rings (SSSR count). The molecule has 1 amide bonds. The van der Waals surface area contributed by atoms with Crippen LogP contribution < -0.4 is 11.1 Å². The topological polar surface area (TPSA) is 72.9 Å². The minimum absolute atomic E-state index is 0.101. The Bertz CT molecular complexity index is 348. The number of amides is 1. The highest BCUT2D eigenvalue weighted by Gasteiger charge is 2.22. The molecule has 82 valence electrons. The number of hydrogen-bond donors (Lipinski definition) is 2. The molecule has 0 bridgehead atoms. The zero-order chi connectivity index (χ0) is 10.8. The first-order valence-corrected chi connectivity index (χ1v) is 5.24. The van der Waals surface area contributed by atoms with Gasteiger partial charge in [0.2, 0.25) is 5.91 Å². The standard InChI is InChI=1S/C10H16N4O/c1-7-9(11)6-14(13-7)5-4-10(15)12-8-2-3-8/h6,8H,2-5,11H2,1H3,(H,12,15). The van der Waals surface area contributed by atoms with Crippen LogP contribution >= 0.6 is 0 Å². The Kier molecular flexibility index (Phi) is 2.62. The van der Waals surface area contributed by atoms with Gasteiger partial charge in [-0.05, 0) is 19.8 Å². The average Bonchev–Trinajstić information content (AvgIpc) is 2.92. The van der Waals surface area contributed by atoms with E-state index in [1.807, 2.05) is 6.92 Å². The molecule has 1 saturated carbocycles. The summed E-state index contributed by atoms with van der Waals surface area (Å²) in [5.41, 5.74) is 7.15. The molecule has 0 unspecified atom stereocenters. The van der Waals surface area contributed by atoms with Gasteiger partial charge in [-0.2, -0.15) is 5.10 Å². The van der Waals surface area contributed by atoms with Crippen LogP contribution in [-0.2, 0) is 11.3 Å². The second-order valence-corrected chi connectivity index (χ2v) is 4.02. The van der Waals surface area contributed by atoms with Crippen LogP contribution in [0.2, 0.25) is 0 Å². The second kappa shape index (κ2) is 3.92. The van der Waals surface area contributed by atoms with Crippen LogP contribution in [0.1, 0.15) is 25.0 Å². The van der Waals surface area contributed by atoms with Crippen molar-refractivity contribution in [3.63, 3.8) is 0 Å². The van der Waals surface area contributed by atoms with Gasteiger partial charge in [0.05, 0.1) is 11.4 Å². The number of aryl methyl sites for hydroxylation is 2. The van der Waals surface area contributed by atoms with Crippen molar-refractivity contribution >= 4 is 11.6 Å². The number of carbonyl (C=O) groups excluding carboxylic acids is 1. The lowest BCUT2D eigenvalue weighted by Crippen LogP contribution is -2.26. The smallest absolute Gasteiger partial charge is 0.222 e. The lowest BCUT2D eigenvalue weighted by Gasteiger charge is -2.02. The van der Waals surface area contributed by atoms with Crippen molar-refractivity contribution < 1.29 is 4.79 Å². The monoisotopic (exact) mass is 208 g/mol. The molecule has 1 heterocycles. The first kappa shape index (κ1) is 10.0. The van der Waals surface area contributed by atoms with E-state index in [4.69, 9.17) is 5.73 Å². The predicted octanol–water partition coefficient (Wildman–Crippen LogP) is 0.442. The van der Waals surface area contributed by atoms with Gasteiger partial charge in [-0.3, -0.25) is 9.48 Å². The van der Waals surface area contributed by atoms with E-state index in [2.05, 4.69) is 10.4 Å². The lowest BCUT2D eigenvalue weighted by atomic mass is 10.4. The van der Waals surface area contributed by atoms with E-state index in [1.165, 1.54) is 0 Å². The molecule has 0 radical (unpaired) electrons. The van der Waals surface area contributed by atoms with E-state index in [0.717, 1.165) is 18.5 Å². The lowest BCUT2D eigenvalue weighted by molar-refractivity contribution is -0.121. The summed E-state index contributed by atoms with van der Waals surface area (Å²) >= 11 is 0. The molecule has 0 aliphatic heterocycles. The highest BCUT2D eigenvalue weighted by Crippen LogP contribution is 2.18. The van der Waals surface area contributed by atoms with Crippen LogP contribution in [0.5, 0.6) is 0 Å². The van der Waals surface area contributed by atoms with E-state index in [-0.39, 0.29) is 5.91 Å². The first-order chi connectivity index (χ1) is 7.15. The molecule has 0 atom stereocenters. The Balaban J connectivity index is 1.78. The van der Waals surface area contributed by atoms with Crippen LogP contribution in [0.25, 0.3) is 0 Å². The van der Waals surface area contributed by atoms with Crippen LogP contribution in [0.4, 0.5) is 5.69 Å². The van der Waals surface area contributed by atoms with Crippen LogP contribution in [0.15, 0.2) is 6.20 Å². The number of nitrogens with one attached hydrogen (secondary N) is 1. The fraction of sp³-hybridized carbons (Fsp3) is 0.600. The molecule has 5 nitrogen and oxygen atoms in total. The normalized spacial score (nSPS) is 15.3. The number of nitrogens with two attached hydrogens (primary N) is 1. The molecule has 0 saturated heterocycles. The van der Waals surface area contributed by atoms with Gasteiger partial charge >= 0.3 is 0 Å². The van der Waals surface area contributed by atoms with Gasteiger partial charge in [-0.25, -0.2) is 0 Å². The molecule has 1 aliphatic carbocycles. The quantitative estimate of drug-likeness (QED) is 0.754. The third-order valence-electron chi connectivity index (χ3n) is 2.49. The number of nitrogens with zero attached hydrogens (tertiary/aromatic N) is 2. The van der Waals surface area contributed by atoms with Crippen molar-refractivity contribution in [3.8, 4) is 0 Å². The summed E-state index contributed by atoms with van der Waals surface area (Å²) in [7, 11) is 0. The fourth-order valence-corrected chi connectivity index (χ4v) is 1.39. The maximum absolute atomic E-state index is 11.4. The van der Waals surface area contributed by atoms with E-state index < -0.39 is 0 Å². The SMILES string of the molecule is Cc1nn(CCC(=O)NC2CC2)cc1N. The molecule has 0 aromatic carbocycles.